The van der Waals surface area contributed by atoms with Gasteiger partial charge in [-0.2, -0.15) is 0 Å². The quantitative estimate of drug-likeness (QED) is 0.0146. The zero-order valence-electron chi connectivity index (χ0n) is 64.7. The number of rotatable bonds is 76. The third kappa shape index (κ3) is 78.6. The van der Waals surface area contributed by atoms with Crippen LogP contribution in [0.3, 0.4) is 0 Å². The van der Waals surface area contributed by atoms with Gasteiger partial charge in [-0.1, -0.05) is 309 Å². The standard InChI is InChI=1S/C85H146O16P2/c1-4-7-10-13-16-19-22-25-28-30-31-32-33-34-35-36-37-38-39-40-41-42-43-44-45-46-47-49-52-53-56-59-62-65-68-71-83(88)95-74-80(86)75-97-102(91,92)98-76-81(87)77-99-103(93,94)100-79-82(101-85(90)73-70-67-64-61-58-55-50-27-24-21-18-15-12-9-6-3)78-96-84(89)72-69-66-63-60-57-54-51-48-29-26-23-20-17-14-11-8-5-2/h7-8,10-11,16-21,25-29,31-32,34-35,37-38,50,80-82,86-87H,4-6,9,12-15,22-24,30,33,36,39-49,51-79H2,1-3H3,(H,91,92)(H,93,94)/b10-7-,11-8-,19-16-,20-17-,21-18-,28-25-,29-26-,32-31-,35-34-,38-37-,50-27-. The molecule has 0 aromatic carbocycles. The third-order valence-electron chi connectivity index (χ3n) is 16.8. The molecule has 592 valence electrons. The fourth-order valence-corrected chi connectivity index (χ4v) is 12.3. The van der Waals surface area contributed by atoms with Crippen LogP contribution in [-0.2, 0) is 55.8 Å². The average Bonchev–Trinajstić information content (AvgIpc) is 0.915. The van der Waals surface area contributed by atoms with Gasteiger partial charge < -0.3 is 34.2 Å². The summed E-state index contributed by atoms with van der Waals surface area (Å²) in [4.78, 5) is 58.6. The van der Waals surface area contributed by atoms with E-state index in [-0.39, 0.29) is 19.3 Å². The summed E-state index contributed by atoms with van der Waals surface area (Å²) in [6.45, 7) is 2.42. The maximum atomic E-state index is 12.9. The lowest BCUT2D eigenvalue weighted by Gasteiger charge is -2.21. The zero-order valence-corrected chi connectivity index (χ0v) is 66.5. The molecule has 103 heavy (non-hydrogen) atoms. The van der Waals surface area contributed by atoms with E-state index in [0.717, 1.165) is 167 Å². The molecule has 0 spiro atoms. The first-order valence-electron chi connectivity index (χ1n) is 40.5. The van der Waals surface area contributed by atoms with Crippen molar-refractivity contribution in [2.75, 3.05) is 39.6 Å². The van der Waals surface area contributed by atoms with E-state index in [0.29, 0.717) is 19.3 Å². The van der Waals surface area contributed by atoms with Crippen molar-refractivity contribution in [3.8, 4) is 0 Å². The Morgan fingerprint density at radius 3 is 0.816 bits per heavy atom. The molecule has 0 heterocycles. The van der Waals surface area contributed by atoms with Crippen LogP contribution in [0.2, 0.25) is 0 Å². The number of phosphoric ester groups is 2. The number of aliphatic hydroxyl groups is 2. The van der Waals surface area contributed by atoms with Crippen LogP contribution in [0.25, 0.3) is 0 Å². The van der Waals surface area contributed by atoms with Gasteiger partial charge in [-0.15, -0.1) is 0 Å². The molecule has 0 saturated heterocycles. The van der Waals surface area contributed by atoms with Crippen LogP contribution in [0.1, 0.15) is 329 Å². The number of phosphoric acid groups is 2. The summed E-state index contributed by atoms with van der Waals surface area (Å²) in [6, 6.07) is 0. The third-order valence-corrected chi connectivity index (χ3v) is 18.7. The number of ether oxygens (including phenoxy) is 3. The summed E-state index contributed by atoms with van der Waals surface area (Å²) < 4.78 is 61.1. The maximum absolute atomic E-state index is 12.9. The molecule has 0 aliphatic carbocycles. The van der Waals surface area contributed by atoms with Gasteiger partial charge in [0.15, 0.2) is 6.10 Å². The van der Waals surface area contributed by atoms with Crippen molar-refractivity contribution in [1.29, 1.82) is 0 Å². The Hall–Kier alpha value is -4.31. The number of allylic oxidation sites excluding steroid dienone is 22. The fourth-order valence-electron chi connectivity index (χ4n) is 10.7. The first-order valence-corrected chi connectivity index (χ1v) is 43.5. The molecule has 0 aromatic rings. The number of unbranched alkanes of at least 4 members (excludes halogenated alkanes) is 31. The van der Waals surface area contributed by atoms with E-state index in [1.54, 1.807) is 0 Å². The molecule has 0 saturated carbocycles. The number of carbonyl (C=O) groups excluding carboxylic acids is 3. The van der Waals surface area contributed by atoms with Crippen LogP contribution in [0.15, 0.2) is 134 Å². The van der Waals surface area contributed by atoms with Gasteiger partial charge in [-0.05, 0) is 135 Å². The summed E-state index contributed by atoms with van der Waals surface area (Å²) in [5, 5.41) is 20.6. The van der Waals surface area contributed by atoms with Gasteiger partial charge in [-0.3, -0.25) is 32.5 Å². The summed E-state index contributed by atoms with van der Waals surface area (Å²) in [5.41, 5.74) is 0. The van der Waals surface area contributed by atoms with Crippen molar-refractivity contribution in [2.45, 2.75) is 347 Å². The van der Waals surface area contributed by atoms with Crippen LogP contribution in [0.4, 0.5) is 0 Å². The first-order chi connectivity index (χ1) is 50.2. The highest BCUT2D eigenvalue weighted by Gasteiger charge is 2.29. The van der Waals surface area contributed by atoms with Crippen molar-refractivity contribution >= 4 is 33.6 Å². The molecule has 18 heteroatoms. The van der Waals surface area contributed by atoms with Crippen molar-refractivity contribution < 1.29 is 75.8 Å². The van der Waals surface area contributed by atoms with Gasteiger partial charge in [0.2, 0.25) is 0 Å². The van der Waals surface area contributed by atoms with Gasteiger partial charge in [-0.25, -0.2) is 9.13 Å². The van der Waals surface area contributed by atoms with Gasteiger partial charge in [0.1, 0.15) is 25.4 Å². The van der Waals surface area contributed by atoms with Gasteiger partial charge in [0.05, 0.1) is 26.4 Å². The van der Waals surface area contributed by atoms with E-state index in [2.05, 4.69) is 154 Å². The van der Waals surface area contributed by atoms with Crippen molar-refractivity contribution in [3.63, 3.8) is 0 Å². The maximum Gasteiger partial charge on any atom is 0.472 e. The minimum absolute atomic E-state index is 0.0852. The second-order valence-corrected chi connectivity index (χ2v) is 29.7. The molecule has 5 unspecified atom stereocenters. The summed E-state index contributed by atoms with van der Waals surface area (Å²) in [7, 11) is -9.79. The molecule has 0 aliphatic rings. The largest absolute Gasteiger partial charge is 0.472 e. The number of aliphatic hydroxyl groups excluding tert-OH is 2. The summed E-state index contributed by atoms with van der Waals surface area (Å²) in [5.74, 6) is -1.60. The Morgan fingerprint density at radius 2 is 0.515 bits per heavy atom. The molecule has 5 atom stereocenters. The Labute approximate surface area is 626 Å². The zero-order chi connectivity index (χ0) is 75.2. The lowest BCUT2D eigenvalue weighted by atomic mass is 10.0. The monoisotopic (exact) mass is 1490 g/mol. The fraction of sp³-hybridized carbons (Fsp3) is 0.706. The molecule has 0 radical (unpaired) electrons. The second kappa shape index (κ2) is 77.3. The van der Waals surface area contributed by atoms with E-state index in [1.807, 2.05) is 0 Å². The minimum Gasteiger partial charge on any atom is -0.463 e. The predicted octanol–water partition coefficient (Wildman–Crippen LogP) is 23.9. The summed E-state index contributed by atoms with van der Waals surface area (Å²) >= 11 is 0. The topological polar surface area (TPSA) is 231 Å². The van der Waals surface area contributed by atoms with Crippen LogP contribution in [-0.4, -0.2) is 95.9 Å². The Kier molecular flexibility index (Phi) is 74.1. The molecular formula is C85H146O16P2. The number of hydrogen-bond acceptors (Lipinski definition) is 14. The van der Waals surface area contributed by atoms with Crippen LogP contribution < -0.4 is 0 Å². The molecule has 0 aliphatic heterocycles. The van der Waals surface area contributed by atoms with Gasteiger partial charge in [0, 0.05) is 19.3 Å². The molecule has 0 amide bonds. The Balaban J connectivity index is 4.40. The minimum atomic E-state index is -4.94. The molecule has 16 nitrogen and oxygen atoms in total. The van der Waals surface area contributed by atoms with Crippen LogP contribution >= 0.6 is 15.6 Å². The highest BCUT2D eigenvalue weighted by Crippen LogP contribution is 2.45. The average molecular weight is 1490 g/mol. The molecule has 0 aromatic heterocycles. The highest BCUT2D eigenvalue weighted by molar-refractivity contribution is 7.47. The van der Waals surface area contributed by atoms with Crippen LogP contribution in [0.5, 0.6) is 0 Å². The van der Waals surface area contributed by atoms with E-state index < -0.39 is 91.5 Å². The number of hydrogen-bond donors (Lipinski definition) is 4. The van der Waals surface area contributed by atoms with Crippen molar-refractivity contribution in [1.82, 2.24) is 0 Å². The SMILES string of the molecule is CC/C=C\C/C=C\C/C=C\C/C=C\C/C=C\C/C=C\CCCCCCCCCCCCCCCCCCC(=O)OCC(O)COP(=O)(O)OCC(O)COP(=O)(O)OCC(COC(=O)CCCCCCCCC/C=C\C/C=C\C/C=C\CC)OC(=O)CCCCCCC/C=C\C/C=C\CCCCC. The Morgan fingerprint density at radius 1 is 0.282 bits per heavy atom. The number of esters is 3. The molecule has 4 N–H and O–H groups in total. The lowest BCUT2D eigenvalue weighted by molar-refractivity contribution is -0.161. The van der Waals surface area contributed by atoms with E-state index in [1.165, 1.54) is 103 Å². The normalized spacial score (nSPS) is 14.7. The van der Waals surface area contributed by atoms with Gasteiger partial charge >= 0.3 is 33.6 Å². The highest BCUT2D eigenvalue weighted by atomic mass is 31.2. The molecular weight excluding hydrogens is 1340 g/mol. The van der Waals surface area contributed by atoms with Gasteiger partial charge in [0.25, 0.3) is 0 Å². The Bertz CT molecular complexity index is 2410. The van der Waals surface area contributed by atoms with E-state index in [4.69, 9.17) is 32.3 Å². The summed E-state index contributed by atoms with van der Waals surface area (Å²) in [6.07, 6.45) is 93.7. The predicted molar refractivity (Wildman–Crippen MR) is 426 cm³/mol. The smallest absolute Gasteiger partial charge is 0.463 e. The van der Waals surface area contributed by atoms with Crippen molar-refractivity contribution in [2.24, 2.45) is 0 Å². The molecule has 0 rings (SSSR count). The first kappa shape index (κ1) is 98.7. The van der Waals surface area contributed by atoms with Crippen LogP contribution in [0, 0.1) is 0 Å². The number of carbonyl (C=O) groups is 3. The molecule has 0 bridgehead atoms. The lowest BCUT2D eigenvalue weighted by Crippen LogP contribution is -2.30. The van der Waals surface area contributed by atoms with E-state index >= 15 is 0 Å². The second-order valence-electron chi connectivity index (χ2n) is 26.8. The van der Waals surface area contributed by atoms with E-state index in [9.17, 15) is 43.5 Å². The molecule has 0 fully saturated rings. The van der Waals surface area contributed by atoms with Crippen molar-refractivity contribution in [3.05, 3.63) is 134 Å².